The van der Waals surface area contributed by atoms with Crippen LogP contribution < -0.4 is 9.47 Å². The van der Waals surface area contributed by atoms with Gasteiger partial charge < -0.3 is 9.47 Å². The van der Waals surface area contributed by atoms with Gasteiger partial charge in [-0.2, -0.15) is 13.2 Å². The molecule has 0 aliphatic rings. The Kier molecular flexibility index (Phi) is 21.5. The maximum atomic E-state index is 12.2. The molecule has 0 saturated heterocycles. The highest BCUT2D eigenvalue weighted by Gasteiger charge is 2.33. The second kappa shape index (κ2) is 27.4. The highest BCUT2D eigenvalue weighted by atomic mass is 19.4. The topological polar surface area (TPSA) is 18.5 Å². The normalized spacial score (nSPS) is 11.7. The van der Waals surface area contributed by atoms with Crippen molar-refractivity contribution >= 4 is 0 Å². The molecule has 74 heavy (non-hydrogen) atoms. The summed E-state index contributed by atoms with van der Waals surface area (Å²) >= 11 is 0. The molecule has 0 heterocycles. The molecule has 8 aromatic carbocycles. The average molecular weight is 1000 g/mol. The van der Waals surface area contributed by atoms with Gasteiger partial charge in [-0.3, -0.25) is 0 Å². The van der Waals surface area contributed by atoms with Crippen molar-refractivity contribution in [2.45, 2.75) is 118 Å². The summed E-state index contributed by atoms with van der Waals surface area (Å²) in [4.78, 5) is 0. The number of methoxy groups -OCH3 is 2. The second-order valence-electron chi connectivity index (χ2n) is 22.1. The van der Waals surface area contributed by atoms with Crippen LogP contribution in [0.3, 0.4) is 0 Å². The summed E-state index contributed by atoms with van der Waals surface area (Å²) in [5.74, 6) is 1.73. The minimum Gasteiger partial charge on any atom is -0.497 e. The van der Waals surface area contributed by atoms with Crippen molar-refractivity contribution in [3.63, 3.8) is 0 Å². The lowest BCUT2D eigenvalue weighted by Gasteiger charge is -2.32. The van der Waals surface area contributed by atoms with E-state index in [1.54, 1.807) is 14.2 Å². The third-order valence-electron chi connectivity index (χ3n) is 12.5. The molecule has 0 fully saturated rings. The van der Waals surface area contributed by atoms with Crippen molar-refractivity contribution in [3.05, 3.63) is 275 Å². The summed E-state index contributed by atoms with van der Waals surface area (Å²) in [6.07, 6.45) is -4.24. The minimum absolute atomic E-state index is 0.107. The highest BCUT2D eigenvalue weighted by molar-refractivity contribution is 5.52. The first kappa shape index (κ1) is 58.0. The van der Waals surface area contributed by atoms with E-state index in [0.29, 0.717) is 10.8 Å². The Morgan fingerprint density at radius 3 is 0.689 bits per heavy atom. The van der Waals surface area contributed by atoms with E-state index in [9.17, 15) is 13.2 Å². The summed E-state index contributed by atoms with van der Waals surface area (Å²) in [5.41, 5.74) is 9.67. The van der Waals surface area contributed by atoms with Gasteiger partial charge in [0.2, 0.25) is 0 Å². The molecule has 0 aliphatic heterocycles. The molecule has 0 aromatic heterocycles. The van der Waals surface area contributed by atoms with Gasteiger partial charge in [0.25, 0.3) is 0 Å². The van der Waals surface area contributed by atoms with Crippen molar-refractivity contribution in [1.29, 1.82) is 0 Å². The molecule has 0 bridgehead atoms. The van der Waals surface area contributed by atoms with Crippen molar-refractivity contribution in [3.8, 4) is 11.5 Å². The van der Waals surface area contributed by atoms with Crippen LogP contribution in [0, 0.1) is 5.41 Å². The monoisotopic (exact) mass is 1000 g/mol. The maximum absolute atomic E-state index is 12.2. The molecule has 0 saturated carbocycles. The fourth-order valence-electron chi connectivity index (χ4n) is 8.03. The lowest BCUT2D eigenvalue weighted by molar-refractivity contribution is -0.137. The summed E-state index contributed by atoms with van der Waals surface area (Å²) in [5, 5.41) is 0. The summed E-state index contributed by atoms with van der Waals surface area (Å²) in [6.45, 7) is 25.9. The van der Waals surface area contributed by atoms with Crippen LogP contribution in [0.15, 0.2) is 224 Å². The largest absolute Gasteiger partial charge is 0.497 e. The van der Waals surface area contributed by atoms with Crippen LogP contribution >= 0.6 is 0 Å². The Labute approximate surface area is 447 Å². The van der Waals surface area contributed by atoms with Crippen LogP contribution in [0.5, 0.6) is 11.5 Å². The molecule has 8 rings (SSSR count). The molecule has 5 heteroatoms. The smallest absolute Gasteiger partial charge is 0.416 e. The van der Waals surface area contributed by atoms with Crippen molar-refractivity contribution in [2.24, 2.45) is 5.41 Å². The molecule has 0 amide bonds. The number of halogens is 3. The van der Waals surface area contributed by atoms with Gasteiger partial charge in [0.1, 0.15) is 11.5 Å². The van der Waals surface area contributed by atoms with Gasteiger partial charge in [-0.05, 0) is 111 Å². The zero-order valence-corrected chi connectivity index (χ0v) is 46.5. The Morgan fingerprint density at radius 1 is 0.324 bits per heavy atom. The number of hydrogen-bond donors (Lipinski definition) is 0. The van der Waals surface area contributed by atoms with Crippen molar-refractivity contribution < 1.29 is 25.4 Å². The number of alkyl halides is 3. The minimum atomic E-state index is -4.24. The third kappa shape index (κ3) is 18.3. The number of ether oxygens (including phenoxy) is 2. The molecule has 0 atom stereocenters. The molecule has 0 radical (unpaired) electrons. The number of hydrogen-bond acceptors (Lipinski definition) is 2. The Hall–Kier alpha value is -6.85. The third-order valence-corrected chi connectivity index (χ3v) is 12.5. The average Bonchev–Trinajstić information content (AvgIpc) is 3.41. The van der Waals surface area contributed by atoms with E-state index in [0.717, 1.165) is 29.2 Å². The first-order valence-corrected chi connectivity index (χ1v) is 25.1. The maximum Gasteiger partial charge on any atom is 0.416 e. The molecular weight excluding hydrogens is 918 g/mol. The van der Waals surface area contributed by atoms with Gasteiger partial charge in [0, 0.05) is 13.6 Å². The summed E-state index contributed by atoms with van der Waals surface area (Å²) < 4.78 is 59.0. The molecule has 0 aliphatic carbocycles. The predicted molar refractivity (Wildman–Crippen MR) is 310 cm³/mol. The van der Waals surface area contributed by atoms with E-state index in [4.69, 9.17) is 12.2 Å². The van der Waals surface area contributed by atoms with E-state index < -0.39 is 11.7 Å². The van der Waals surface area contributed by atoms with E-state index in [1.807, 2.05) is 51.1 Å². The van der Waals surface area contributed by atoms with Crippen LogP contribution in [0.4, 0.5) is 13.2 Å². The van der Waals surface area contributed by atoms with Gasteiger partial charge in [-0.15, -0.1) is 0 Å². The van der Waals surface area contributed by atoms with Crippen LogP contribution in [-0.2, 0) is 27.8 Å². The van der Waals surface area contributed by atoms with Crippen LogP contribution in [0.2, 0.25) is 0 Å². The summed E-state index contributed by atoms with van der Waals surface area (Å²) in [7, 11) is 3.13. The predicted octanol–water partition coefficient (Wildman–Crippen LogP) is 19.8. The summed E-state index contributed by atoms with van der Waals surface area (Å²) in [6, 6.07) is 75.1. The molecule has 0 spiro atoms. The first-order valence-electron chi connectivity index (χ1n) is 26.5. The quantitative estimate of drug-likeness (QED) is 0.141. The Morgan fingerprint density at radius 2 is 0.500 bits per heavy atom. The van der Waals surface area contributed by atoms with Gasteiger partial charge in [0.15, 0.2) is 0 Å². The van der Waals surface area contributed by atoms with Crippen molar-refractivity contribution in [2.75, 3.05) is 14.2 Å². The standard InChI is InChI=1S/C22H22O2.C20H18.C11H13F3.C10H14.C5H12.CH4/c1-22(17-7-5-4-6-8-17,18-9-13-20(23-2)14-10-18)19-11-15-21(24-3)16-12-19;1-20(17-11-5-2-6-12-17,18-13-7-3-8-14-18)19-15-9-4-10-16-19;1-10(2,3)8-4-6-9(7-5-8)11(12,13)14;1-10(2,3)9-7-5-4-6-8-9;1-5(2,3)4;/h4-16H,1-3H3;2-16H,1H3;4-7H,1-3H3;4-8H,1-3H3;1-4H3;1H4/i;;;;;1TD. The zero-order chi connectivity index (χ0) is 56.6. The van der Waals surface area contributed by atoms with E-state index in [1.165, 1.54) is 51.1 Å². The highest BCUT2D eigenvalue weighted by Crippen LogP contribution is 2.41. The number of benzene rings is 8. The molecule has 0 unspecified atom stereocenters. The molecule has 8 aromatic rings. The molecular formula is C69H83F3O2. The van der Waals surface area contributed by atoms with Gasteiger partial charge in [-0.25, -0.2) is 0 Å². The first-order chi connectivity index (χ1) is 35.7. The second-order valence-corrected chi connectivity index (χ2v) is 22.1. The molecule has 392 valence electrons. The van der Waals surface area contributed by atoms with Gasteiger partial charge in [-0.1, -0.05) is 265 Å². The van der Waals surface area contributed by atoms with Crippen LogP contribution in [0.25, 0.3) is 0 Å². The van der Waals surface area contributed by atoms with Gasteiger partial charge >= 0.3 is 6.18 Å². The fraction of sp³-hybridized carbons (Fsp3) is 0.304. The van der Waals surface area contributed by atoms with Gasteiger partial charge in [0.05, 0.1) is 19.8 Å². The van der Waals surface area contributed by atoms with Crippen molar-refractivity contribution in [1.82, 2.24) is 0 Å². The molecule has 0 N–H and O–H groups in total. The Balaban J connectivity index is 0.000000264. The zero-order valence-electron chi connectivity index (χ0n) is 48.5. The van der Waals surface area contributed by atoms with E-state index in [2.05, 4.69) is 232 Å². The lowest BCUT2D eigenvalue weighted by Crippen LogP contribution is -2.25. The van der Waals surface area contributed by atoms with Crippen LogP contribution in [-0.4, -0.2) is 14.2 Å². The number of rotatable bonds is 8. The van der Waals surface area contributed by atoms with E-state index in [-0.39, 0.29) is 23.6 Å². The Bertz CT molecular complexity index is 2600. The molecule has 2 nitrogen and oxygen atoms in total. The SMILES string of the molecule is CC(C)(C)C.CC(C)(C)c1ccc(C(F)(F)F)cc1.CC(C)(C)c1ccccc1.CC(c1ccccc1)(c1ccccc1)c1ccccc1.COc1ccc(C(C)(c2ccccc2)c2ccc(OC)cc2)cc1.[2H]C[3H]. The fourth-order valence-corrected chi connectivity index (χ4v) is 8.03. The van der Waals surface area contributed by atoms with Crippen LogP contribution in [0.1, 0.15) is 143 Å². The lowest BCUT2D eigenvalue weighted by atomic mass is 9.71. The van der Waals surface area contributed by atoms with E-state index >= 15 is 0 Å².